The Morgan fingerprint density at radius 1 is 0.257 bits per heavy atom. The summed E-state index contributed by atoms with van der Waals surface area (Å²) in [5.41, 5.74) is 0. The molecule has 0 rings (SSSR count). The molecule has 1 unspecified atom stereocenters. The Labute approximate surface area is 462 Å². The van der Waals surface area contributed by atoms with Gasteiger partial charge in [-0.1, -0.05) is 335 Å². The molecule has 0 aliphatic heterocycles. The molecule has 0 heterocycles. The van der Waals surface area contributed by atoms with Crippen LogP contribution in [0.15, 0.2) is 12.2 Å². The zero-order chi connectivity index (χ0) is 53.6. The van der Waals surface area contributed by atoms with Crippen LogP contribution in [0.5, 0.6) is 0 Å². The van der Waals surface area contributed by atoms with Crippen LogP contribution in [0, 0.1) is 0 Å². The highest BCUT2D eigenvalue weighted by Crippen LogP contribution is 2.19. The topological polar surface area (TPSA) is 78.9 Å². The van der Waals surface area contributed by atoms with Gasteiger partial charge in [-0.2, -0.15) is 0 Å². The summed E-state index contributed by atoms with van der Waals surface area (Å²) in [6.07, 6.45) is 75.1. The minimum atomic E-state index is -0.768. The minimum absolute atomic E-state index is 0.0643. The van der Waals surface area contributed by atoms with Gasteiger partial charge in [0.25, 0.3) is 0 Å². The molecule has 438 valence electrons. The molecule has 0 N–H and O–H groups in total. The zero-order valence-electron chi connectivity index (χ0n) is 50.4. The minimum Gasteiger partial charge on any atom is -0.462 e. The predicted octanol–water partition coefficient (Wildman–Crippen LogP) is 22.8. The van der Waals surface area contributed by atoms with Crippen molar-refractivity contribution in [2.24, 2.45) is 0 Å². The van der Waals surface area contributed by atoms with Crippen LogP contribution in [0.4, 0.5) is 0 Å². The lowest BCUT2D eigenvalue weighted by Crippen LogP contribution is -2.30. The van der Waals surface area contributed by atoms with Gasteiger partial charge in [0.2, 0.25) is 0 Å². The number of hydrogen-bond acceptors (Lipinski definition) is 6. The number of unbranched alkanes of at least 4 members (excludes halogenated alkanes) is 50. The first kappa shape index (κ1) is 72.2. The third-order valence-electron chi connectivity index (χ3n) is 15.5. The SMILES string of the molecule is CCCCCCCC/C=C\CCCCCCCCCC(=O)OCC(COC(=O)CCCCCCCCCCCCCCCCCCCCCC)OC(=O)CCCCCCCCCCCCCCCCCCCCC. The summed E-state index contributed by atoms with van der Waals surface area (Å²) in [5.74, 6) is -0.834. The van der Waals surface area contributed by atoms with Gasteiger partial charge in [0.15, 0.2) is 6.10 Å². The molecule has 0 spiro atoms. The lowest BCUT2D eigenvalue weighted by Gasteiger charge is -2.18. The first-order valence-electron chi connectivity index (χ1n) is 33.7. The van der Waals surface area contributed by atoms with Crippen molar-refractivity contribution in [3.8, 4) is 0 Å². The molecule has 0 radical (unpaired) electrons. The van der Waals surface area contributed by atoms with Gasteiger partial charge in [-0.15, -0.1) is 0 Å². The van der Waals surface area contributed by atoms with E-state index in [0.717, 1.165) is 57.8 Å². The van der Waals surface area contributed by atoms with Gasteiger partial charge in [0.1, 0.15) is 13.2 Å². The predicted molar refractivity (Wildman–Crippen MR) is 321 cm³/mol. The standard InChI is InChI=1S/C68H130O6/c1-4-7-10-13-16-19-22-25-28-31-33-35-37-40-43-46-49-52-55-58-61-67(70)73-64-65(63-72-66(69)60-57-54-51-48-45-42-39-36-30-27-24-21-18-15-12-9-6-3)74-68(71)62-59-56-53-50-47-44-41-38-34-32-29-26-23-20-17-14-11-8-5-2/h27,30,65H,4-26,28-29,31-64H2,1-3H3/b30-27-. The largest absolute Gasteiger partial charge is 0.462 e. The van der Waals surface area contributed by atoms with E-state index in [4.69, 9.17) is 14.2 Å². The van der Waals surface area contributed by atoms with Gasteiger partial charge in [0.05, 0.1) is 0 Å². The number of hydrogen-bond donors (Lipinski definition) is 0. The Bertz CT molecular complexity index is 1150. The van der Waals surface area contributed by atoms with Crippen LogP contribution in [0.3, 0.4) is 0 Å². The van der Waals surface area contributed by atoms with Crippen molar-refractivity contribution in [3.05, 3.63) is 12.2 Å². The van der Waals surface area contributed by atoms with Crippen molar-refractivity contribution in [2.75, 3.05) is 13.2 Å². The van der Waals surface area contributed by atoms with Crippen molar-refractivity contribution >= 4 is 17.9 Å². The Morgan fingerprint density at radius 2 is 0.446 bits per heavy atom. The van der Waals surface area contributed by atoms with E-state index in [1.54, 1.807) is 0 Å². The Hall–Kier alpha value is -1.85. The Balaban J connectivity index is 4.29. The van der Waals surface area contributed by atoms with Gasteiger partial charge in [-0.3, -0.25) is 14.4 Å². The van der Waals surface area contributed by atoms with Crippen molar-refractivity contribution in [1.29, 1.82) is 0 Å². The fourth-order valence-corrected chi connectivity index (χ4v) is 10.4. The van der Waals surface area contributed by atoms with E-state index in [1.807, 2.05) is 0 Å². The average molecular weight is 1040 g/mol. The van der Waals surface area contributed by atoms with Crippen molar-refractivity contribution < 1.29 is 28.6 Å². The molecular formula is C68H130O6. The van der Waals surface area contributed by atoms with Crippen LogP contribution in [0.1, 0.15) is 387 Å². The first-order valence-corrected chi connectivity index (χ1v) is 33.7. The summed E-state index contributed by atoms with van der Waals surface area (Å²) in [4.78, 5) is 38.4. The summed E-state index contributed by atoms with van der Waals surface area (Å²) in [6.45, 7) is 6.72. The van der Waals surface area contributed by atoms with Gasteiger partial charge >= 0.3 is 17.9 Å². The number of ether oxygens (including phenoxy) is 3. The fourth-order valence-electron chi connectivity index (χ4n) is 10.4. The molecular weight excluding hydrogens is 913 g/mol. The second-order valence-electron chi connectivity index (χ2n) is 23.1. The van der Waals surface area contributed by atoms with Crippen LogP contribution in [-0.2, 0) is 28.6 Å². The van der Waals surface area contributed by atoms with Crippen LogP contribution in [-0.4, -0.2) is 37.2 Å². The van der Waals surface area contributed by atoms with E-state index in [1.165, 1.54) is 289 Å². The highest BCUT2D eigenvalue weighted by Gasteiger charge is 2.19. The molecule has 6 heteroatoms. The highest BCUT2D eigenvalue weighted by molar-refractivity contribution is 5.71. The third kappa shape index (κ3) is 61.0. The lowest BCUT2D eigenvalue weighted by molar-refractivity contribution is -0.167. The smallest absolute Gasteiger partial charge is 0.306 e. The summed E-state index contributed by atoms with van der Waals surface area (Å²) in [5, 5.41) is 0. The second-order valence-corrected chi connectivity index (χ2v) is 23.1. The molecule has 0 bridgehead atoms. The van der Waals surface area contributed by atoms with Crippen molar-refractivity contribution in [1.82, 2.24) is 0 Å². The van der Waals surface area contributed by atoms with E-state index >= 15 is 0 Å². The number of carbonyl (C=O) groups is 3. The third-order valence-corrected chi connectivity index (χ3v) is 15.5. The number of esters is 3. The molecule has 6 nitrogen and oxygen atoms in total. The normalized spacial score (nSPS) is 12.0. The van der Waals surface area contributed by atoms with E-state index < -0.39 is 6.10 Å². The lowest BCUT2D eigenvalue weighted by atomic mass is 10.0. The quantitative estimate of drug-likeness (QED) is 0.0261. The zero-order valence-corrected chi connectivity index (χ0v) is 50.4. The molecule has 0 saturated carbocycles. The fraction of sp³-hybridized carbons (Fsp3) is 0.926. The molecule has 0 aromatic rings. The molecule has 0 aromatic heterocycles. The first-order chi connectivity index (χ1) is 36.5. The van der Waals surface area contributed by atoms with Crippen molar-refractivity contribution in [2.45, 2.75) is 393 Å². The molecule has 0 saturated heterocycles. The maximum atomic E-state index is 12.9. The number of rotatable bonds is 63. The van der Waals surface area contributed by atoms with Crippen LogP contribution < -0.4 is 0 Å². The Morgan fingerprint density at radius 3 is 0.676 bits per heavy atom. The van der Waals surface area contributed by atoms with E-state index in [9.17, 15) is 14.4 Å². The van der Waals surface area contributed by atoms with Crippen LogP contribution >= 0.6 is 0 Å². The second kappa shape index (κ2) is 63.7. The molecule has 0 fully saturated rings. The average Bonchev–Trinajstić information content (AvgIpc) is 3.40. The molecule has 74 heavy (non-hydrogen) atoms. The highest BCUT2D eigenvalue weighted by atomic mass is 16.6. The maximum Gasteiger partial charge on any atom is 0.306 e. The summed E-state index contributed by atoms with van der Waals surface area (Å²) >= 11 is 0. The summed E-state index contributed by atoms with van der Waals surface area (Å²) in [6, 6.07) is 0. The molecule has 0 aliphatic carbocycles. The molecule has 1 atom stereocenters. The van der Waals surface area contributed by atoms with Gasteiger partial charge in [-0.25, -0.2) is 0 Å². The van der Waals surface area contributed by atoms with E-state index in [2.05, 4.69) is 32.9 Å². The summed E-state index contributed by atoms with van der Waals surface area (Å²) in [7, 11) is 0. The van der Waals surface area contributed by atoms with Crippen molar-refractivity contribution in [3.63, 3.8) is 0 Å². The van der Waals surface area contributed by atoms with E-state index in [0.29, 0.717) is 19.3 Å². The van der Waals surface area contributed by atoms with Crippen LogP contribution in [0.25, 0.3) is 0 Å². The Kier molecular flexibility index (Phi) is 62.1. The number of allylic oxidation sites excluding steroid dienone is 2. The monoisotopic (exact) mass is 1040 g/mol. The number of carbonyl (C=O) groups excluding carboxylic acids is 3. The van der Waals surface area contributed by atoms with Gasteiger partial charge < -0.3 is 14.2 Å². The van der Waals surface area contributed by atoms with Gasteiger partial charge in [0, 0.05) is 19.3 Å². The van der Waals surface area contributed by atoms with Crippen LogP contribution in [0.2, 0.25) is 0 Å². The molecule has 0 amide bonds. The maximum absolute atomic E-state index is 12.9. The summed E-state index contributed by atoms with van der Waals surface area (Å²) < 4.78 is 17.0. The van der Waals surface area contributed by atoms with Gasteiger partial charge in [-0.05, 0) is 44.9 Å². The van der Waals surface area contributed by atoms with E-state index in [-0.39, 0.29) is 31.1 Å². The molecule has 0 aromatic carbocycles. The molecule has 0 aliphatic rings.